The van der Waals surface area contributed by atoms with Gasteiger partial charge in [-0.15, -0.1) is 0 Å². The Hall–Kier alpha value is -2.05. The Morgan fingerprint density at radius 2 is 1.94 bits per heavy atom. The summed E-state index contributed by atoms with van der Waals surface area (Å²) in [5, 5.41) is 5.45. The summed E-state index contributed by atoms with van der Waals surface area (Å²) in [6, 6.07) is 3.95. The molecule has 0 aliphatic carbocycles. The fourth-order valence-electron chi connectivity index (χ4n) is 1.15. The van der Waals surface area contributed by atoms with Crippen LogP contribution in [0.3, 0.4) is 0 Å². The lowest BCUT2D eigenvalue weighted by atomic mass is 10.2. The molecule has 0 aliphatic rings. The third-order valence-corrected chi connectivity index (χ3v) is 1.93. The minimum absolute atomic E-state index is 0.132. The lowest BCUT2D eigenvalue weighted by Gasteiger charge is -1.99. The van der Waals surface area contributed by atoms with Crippen LogP contribution in [0.15, 0.2) is 24.4 Å². The summed E-state index contributed by atoms with van der Waals surface area (Å²) in [6.45, 7) is 0. The number of nitrogens with two attached hydrogens (primary N) is 1. The topological polar surface area (TPSA) is 67.6 Å². The largest absolute Gasteiger partial charge is 0.432 e. The molecule has 0 saturated carbocycles. The minimum Gasteiger partial charge on any atom is -0.397 e. The van der Waals surface area contributed by atoms with Crippen molar-refractivity contribution in [2.45, 2.75) is 6.18 Å². The summed E-state index contributed by atoms with van der Waals surface area (Å²) < 4.78 is 36.8. The number of anilines is 1. The molecular formula is C9H7F3N4. The molecule has 0 radical (unpaired) electrons. The van der Waals surface area contributed by atoms with E-state index in [1.54, 1.807) is 6.07 Å². The van der Waals surface area contributed by atoms with Gasteiger partial charge in [0.25, 0.3) is 0 Å². The van der Waals surface area contributed by atoms with Gasteiger partial charge < -0.3 is 5.73 Å². The van der Waals surface area contributed by atoms with Crippen LogP contribution in [0, 0.1) is 0 Å². The van der Waals surface area contributed by atoms with Crippen molar-refractivity contribution in [3.63, 3.8) is 0 Å². The monoisotopic (exact) mass is 228 g/mol. The van der Waals surface area contributed by atoms with Crippen LogP contribution in [0.25, 0.3) is 11.4 Å². The van der Waals surface area contributed by atoms with Gasteiger partial charge in [0.05, 0.1) is 17.6 Å². The maximum atomic E-state index is 12.3. The number of hydrogen-bond acceptors (Lipinski definition) is 3. The second kappa shape index (κ2) is 3.51. The molecule has 0 fully saturated rings. The molecule has 0 aliphatic heterocycles. The molecular weight excluding hydrogens is 221 g/mol. The number of pyridine rings is 1. The van der Waals surface area contributed by atoms with E-state index in [9.17, 15) is 13.2 Å². The smallest absolute Gasteiger partial charge is 0.397 e. The maximum absolute atomic E-state index is 12.3. The highest BCUT2D eigenvalue weighted by molar-refractivity contribution is 5.56. The van der Waals surface area contributed by atoms with E-state index in [0.717, 1.165) is 6.07 Å². The first-order valence-electron chi connectivity index (χ1n) is 4.31. The number of aromatic amines is 1. The molecule has 0 amide bonds. The molecule has 16 heavy (non-hydrogen) atoms. The molecule has 84 valence electrons. The molecule has 2 heterocycles. The van der Waals surface area contributed by atoms with Crippen molar-refractivity contribution in [2.75, 3.05) is 5.73 Å². The van der Waals surface area contributed by atoms with Crippen LogP contribution in [-0.2, 0) is 6.18 Å². The number of alkyl halides is 3. The van der Waals surface area contributed by atoms with Crippen molar-refractivity contribution >= 4 is 5.69 Å². The second-order valence-corrected chi connectivity index (χ2v) is 3.14. The van der Waals surface area contributed by atoms with Crippen molar-refractivity contribution < 1.29 is 13.2 Å². The van der Waals surface area contributed by atoms with Crippen molar-refractivity contribution in [2.24, 2.45) is 0 Å². The van der Waals surface area contributed by atoms with Crippen LogP contribution in [0.1, 0.15) is 5.69 Å². The quantitative estimate of drug-likeness (QED) is 0.785. The molecule has 0 saturated heterocycles. The van der Waals surface area contributed by atoms with Crippen LogP contribution >= 0.6 is 0 Å². The van der Waals surface area contributed by atoms with E-state index in [-0.39, 0.29) is 5.69 Å². The first-order chi connectivity index (χ1) is 7.47. The molecule has 2 aromatic rings. The Balaban J connectivity index is 2.35. The molecule has 4 nitrogen and oxygen atoms in total. The maximum Gasteiger partial charge on any atom is 0.432 e. The molecule has 0 aromatic carbocycles. The zero-order chi connectivity index (χ0) is 11.8. The van der Waals surface area contributed by atoms with Gasteiger partial charge in [0.15, 0.2) is 0 Å². The van der Waals surface area contributed by atoms with Crippen molar-refractivity contribution in [3.05, 3.63) is 30.1 Å². The number of hydrogen-bond donors (Lipinski definition) is 2. The van der Waals surface area contributed by atoms with E-state index < -0.39 is 11.9 Å². The van der Waals surface area contributed by atoms with Crippen LogP contribution in [-0.4, -0.2) is 15.2 Å². The van der Waals surface area contributed by atoms with E-state index in [1.165, 1.54) is 12.3 Å². The average molecular weight is 228 g/mol. The Kier molecular flexibility index (Phi) is 2.30. The number of H-pyrrole nitrogens is 1. The van der Waals surface area contributed by atoms with Gasteiger partial charge in [-0.05, 0) is 18.2 Å². The van der Waals surface area contributed by atoms with Crippen molar-refractivity contribution in [3.8, 4) is 11.4 Å². The average Bonchev–Trinajstić information content (AvgIpc) is 2.67. The van der Waals surface area contributed by atoms with E-state index in [2.05, 4.69) is 10.1 Å². The third kappa shape index (κ3) is 1.97. The molecule has 2 aromatic heterocycles. The highest BCUT2D eigenvalue weighted by atomic mass is 19.4. The molecule has 0 spiro atoms. The van der Waals surface area contributed by atoms with E-state index >= 15 is 0 Å². The summed E-state index contributed by atoms with van der Waals surface area (Å²) in [5.41, 5.74) is 5.41. The standard InChI is InChI=1S/C9H7F3N4/c10-9(11,12)8-3-7(15-16-8)6-2-1-5(13)4-14-6/h1-4H,13H2,(H,15,16). The van der Waals surface area contributed by atoms with Gasteiger partial charge in [0, 0.05) is 0 Å². The zero-order valence-electron chi connectivity index (χ0n) is 7.92. The third-order valence-electron chi connectivity index (χ3n) is 1.93. The van der Waals surface area contributed by atoms with Gasteiger partial charge in [0.1, 0.15) is 11.4 Å². The lowest BCUT2D eigenvalue weighted by Crippen LogP contribution is -2.04. The van der Waals surface area contributed by atoms with E-state index in [0.29, 0.717) is 11.4 Å². The SMILES string of the molecule is Nc1ccc(-c2cc(C(F)(F)F)[nH]n2)nc1. The number of nitrogens with zero attached hydrogens (tertiary/aromatic N) is 2. The fourth-order valence-corrected chi connectivity index (χ4v) is 1.15. The number of rotatable bonds is 1. The van der Waals surface area contributed by atoms with Gasteiger partial charge in [-0.1, -0.05) is 0 Å². The Labute approximate surface area is 88.3 Å². The molecule has 0 bridgehead atoms. The van der Waals surface area contributed by atoms with Gasteiger partial charge in [-0.3, -0.25) is 10.1 Å². The van der Waals surface area contributed by atoms with Gasteiger partial charge >= 0.3 is 6.18 Å². The van der Waals surface area contributed by atoms with E-state index in [4.69, 9.17) is 5.73 Å². The number of nitrogens with one attached hydrogen (secondary N) is 1. The highest BCUT2D eigenvalue weighted by Gasteiger charge is 2.33. The number of halogens is 3. The van der Waals surface area contributed by atoms with Crippen LogP contribution in [0.4, 0.5) is 18.9 Å². The molecule has 0 unspecified atom stereocenters. The zero-order valence-corrected chi connectivity index (χ0v) is 7.92. The lowest BCUT2D eigenvalue weighted by molar-refractivity contribution is -0.141. The van der Waals surface area contributed by atoms with Crippen LogP contribution < -0.4 is 5.73 Å². The Morgan fingerprint density at radius 3 is 2.44 bits per heavy atom. The predicted octanol–water partition coefficient (Wildman–Crippen LogP) is 2.07. The summed E-state index contributed by atoms with van der Waals surface area (Å²) in [5.74, 6) is 0. The molecule has 0 atom stereocenters. The van der Waals surface area contributed by atoms with Crippen molar-refractivity contribution in [1.29, 1.82) is 0 Å². The summed E-state index contributed by atoms with van der Waals surface area (Å²) in [6.07, 6.45) is -3.07. The van der Waals surface area contributed by atoms with Crippen molar-refractivity contribution in [1.82, 2.24) is 15.2 Å². The molecule has 2 rings (SSSR count). The van der Waals surface area contributed by atoms with Gasteiger partial charge in [0.2, 0.25) is 0 Å². The first-order valence-corrected chi connectivity index (χ1v) is 4.31. The fraction of sp³-hybridized carbons (Fsp3) is 0.111. The normalized spacial score (nSPS) is 11.7. The van der Waals surface area contributed by atoms with Crippen LogP contribution in [0.2, 0.25) is 0 Å². The molecule has 7 heteroatoms. The summed E-state index contributed by atoms with van der Waals surface area (Å²) >= 11 is 0. The second-order valence-electron chi connectivity index (χ2n) is 3.14. The first kappa shape index (κ1) is 10.5. The van der Waals surface area contributed by atoms with Gasteiger partial charge in [-0.25, -0.2) is 0 Å². The predicted molar refractivity (Wildman–Crippen MR) is 51.2 cm³/mol. The Morgan fingerprint density at radius 1 is 1.19 bits per heavy atom. The van der Waals surface area contributed by atoms with E-state index in [1.807, 2.05) is 5.10 Å². The van der Waals surface area contributed by atoms with Gasteiger partial charge in [-0.2, -0.15) is 18.3 Å². The van der Waals surface area contributed by atoms with Crippen LogP contribution in [0.5, 0.6) is 0 Å². The minimum atomic E-state index is -4.43. The Bertz CT molecular complexity index is 486. The number of nitrogen functional groups attached to an aromatic ring is 1. The highest BCUT2D eigenvalue weighted by Crippen LogP contribution is 2.29. The summed E-state index contributed by atoms with van der Waals surface area (Å²) in [4.78, 5) is 3.87. The number of aromatic nitrogens is 3. The summed E-state index contributed by atoms with van der Waals surface area (Å²) in [7, 11) is 0. The molecule has 3 N–H and O–H groups in total.